The predicted molar refractivity (Wildman–Crippen MR) is 68.7 cm³/mol. The van der Waals surface area contributed by atoms with E-state index < -0.39 is 5.97 Å². The van der Waals surface area contributed by atoms with Crippen LogP contribution in [0.2, 0.25) is 0 Å². The second-order valence-corrected chi connectivity index (χ2v) is 4.45. The Bertz CT molecular complexity index is 439. The van der Waals surface area contributed by atoms with Gasteiger partial charge in [-0.25, -0.2) is 4.79 Å². The van der Waals surface area contributed by atoms with Gasteiger partial charge in [0.2, 0.25) is 0 Å². The van der Waals surface area contributed by atoms with E-state index in [0.29, 0.717) is 24.9 Å². The van der Waals surface area contributed by atoms with E-state index >= 15 is 0 Å². The largest absolute Gasteiger partial charge is 0.490 e. The van der Waals surface area contributed by atoms with Crippen LogP contribution in [0.5, 0.6) is 11.5 Å². The highest BCUT2D eigenvalue weighted by Gasteiger charge is 2.21. The first kappa shape index (κ1) is 13.7. The molecule has 0 unspecified atom stereocenters. The van der Waals surface area contributed by atoms with Crippen LogP contribution < -0.4 is 9.47 Å². The summed E-state index contributed by atoms with van der Waals surface area (Å²) >= 11 is 0. The summed E-state index contributed by atoms with van der Waals surface area (Å²) in [5, 5.41) is 9.14. The number of carboxylic acids is 1. The standard InChI is InChI=1S/C14H18O5/c1-2-18-12-5-3-4-11(14(15)16)13(12)19-9-17-8-10-6-7-10/h3-5,10H,2,6-9H2,1H3,(H,15,16). The lowest BCUT2D eigenvalue weighted by Crippen LogP contribution is -2.10. The fraction of sp³-hybridized carbons (Fsp3) is 0.500. The predicted octanol–water partition coefficient (Wildman–Crippen LogP) is 2.55. The molecule has 1 aliphatic rings. The van der Waals surface area contributed by atoms with Crippen LogP contribution in [-0.4, -0.2) is 31.1 Å². The number of aromatic carboxylic acids is 1. The number of benzene rings is 1. The Labute approximate surface area is 112 Å². The summed E-state index contributed by atoms with van der Waals surface area (Å²) in [4.78, 5) is 11.2. The Morgan fingerprint density at radius 3 is 2.79 bits per heavy atom. The smallest absolute Gasteiger partial charge is 0.339 e. The van der Waals surface area contributed by atoms with Gasteiger partial charge < -0.3 is 19.3 Å². The minimum atomic E-state index is -1.04. The Hall–Kier alpha value is -1.75. The molecule has 0 aromatic heterocycles. The summed E-state index contributed by atoms with van der Waals surface area (Å²) in [5.41, 5.74) is 0.0842. The van der Waals surface area contributed by atoms with E-state index in [2.05, 4.69) is 0 Å². The Balaban J connectivity index is 2.02. The normalized spacial score (nSPS) is 14.2. The zero-order chi connectivity index (χ0) is 13.7. The number of para-hydroxylation sites is 1. The lowest BCUT2D eigenvalue weighted by molar-refractivity contribution is 0.00758. The van der Waals surface area contributed by atoms with Gasteiger partial charge in [0, 0.05) is 0 Å². The molecule has 0 atom stereocenters. The van der Waals surface area contributed by atoms with E-state index in [1.165, 1.54) is 18.9 Å². The monoisotopic (exact) mass is 266 g/mol. The lowest BCUT2D eigenvalue weighted by atomic mass is 10.2. The maximum atomic E-state index is 11.2. The average molecular weight is 266 g/mol. The molecule has 0 aliphatic heterocycles. The van der Waals surface area contributed by atoms with Crippen LogP contribution in [0.4, 0.5) is 0 Å². The molecule has 1 saturated carbocycles. The lowest BCUT2D eigenvalue weighted by Gasteiger charge is -2.14. The Morgan fingerprint density at radius 2 is 2.16 bits per heavy atom. The summed E-state index contributed by atoms with van der Waals surface area (Å²) in [6.07, 6.45) is 2.41. The van der Waals surface area contributed by atoms with E-state index in [1.807, 2.05) is 6.92 Å². The first-order chi connectivity index (χ1) is 9.22. The quantitative estimate of drug-likeness (QED) is 0.578. The molecule has 1 aliphatic carbocycles. The molecule has 0 bridgehead atoms. The molecule has 1 N–H and O–H groups in total. The number of rotatable bonds is 8. The first-order valence-electron chi connectivity index (χ1n) is 6.42. The third-order valence-electron chi connectivity index (χ3n) is 2.85. The highest BCUT2D eigenvalue weighted by Crippen LogP contribution is 2.32. The van der Waals surface area contributed by atoms with Crippen molar-refractivity contribution in [3.8, 4) is 11.5 Å². The van der Waals surface area contributed by atoms with Crippen molar-refractivity contribution in [2.75, 3.05) is 20.0 Å². The van der Waals surface area contributed by atoms with Crippen LogP contribution in [0.3, 0.4) is 0 Å². The molecule has 0 radical (unpaired) electrons. The van der Waals surface area contributed by atoms with Crippen LogP contribution >= 0.6 is 0 Å². The van der Waals surface area contributed by atoms with Gasteiger partial charge in [-0.3, -0.25) is 0 Å². The van der Waals surface area contributed by atoms with Gasteiger partial charge >= 0.3 is 5.97 Å². The molecular formula is C14H18O5. The molecule has 5 heteroatoms. The van der Waals surface area contributed by atoms with Crippen molar-refractivity contribution < 1.29 is 24.1 Å². The molecule has 19 heavy (non-hydrogen) atoms. The molecule has 1 fully saturated rings. The van der Waals surface area contributed by atoms with Crippen molar-refractivity contribution in [2.24, 2.45) is 5.92 Å². The van der Waals surface area contributed by atoms with Crippen molar-refractivity contribution in [3.05, 3.63) is 23.8 Å². The number of hydrogen-bond acceptors (Lipinski definition) is 4. The fourth-order valence-corrected chi connectivity index (χ4v) is 1.70. The van der Waals surface area contributed by atoms with Gasteiger partial charge in [0.15, 0.2) is 18.3 Å². The first-order valence-corrected chi connectivity index (χ1v) is 6.42. The molecule has 1 aromatic rings. The van der Waals surface area contributed by atoms with Crippen LogP contribution in [0.1, 0.15) is 30.1 Å². The number of hydrogen-bond donors (Lipinski definition) is 1. The van der Waals surface area contributed by atoms with E-state index in [9.17, 15) is 4.79 Å². The molecular weight excluding hydrogens is 248 g/mol. The minimum absolute atomic E-state index is 0.0425. The Kier molecular flexibility index (Phi) is 4.63. The fourth-order valence-electron chi connectivity index (χ4n) is 1.70. The van der Waals surface area contributed by atoms with Gasteiger partial charge in [0.1, 0.15) is 5.56 Å². The van der Waals surface area contributed by atoms with E-state index in [4.69, 9.17) is 19.3 Å². The van der Waals surface area contributed by atoms with Crippen molar-refractivity contribution >= 4 is 5.97 Å². The van der Waals surface area contributed by atoms with E-state index in [-0.39, 0.29) is 18.1 Å². The van der Waals surface area contributed by atoms with Crippen molar-refractivity contribution in [1.82, 2.24) is 0 Å². The summed E-state index contributed by atoms with van der Waals surface area (Å²) < 4.78 is 16.2. The van der Waals surface area contributed by atoms with Gasteiger partial charge in [-0.2, -0.15) is 0 Å². The van der Waals surface area contributed by atoms with Gasteiger partial charge in [0.05, 0.1) is 13.2 Å². The van der Waals surface area contributed by atoms with Gasteiger partial charge in [-0.15, -0.1) is 0 Å². The topological polar surface area (TPSA) is 65.0 Å². The zero-order valence-electron chi connectivity index (χ0n) is 10.9. The van der Waals surface area contributed by atoms with E-state index in [0.717, 1.165) is 0 Å². The van der Waals surface area contributed by atoms with Gasteiger partial charge in [-0.1, -0.05) is 6.07 Å². The minimum Gasteiger partial charge on any atom is -0.490 e. The third-order valence-corrected chi connectivity index (χ3v) is 2.85. The zero-order valence-corrected chi connectivity index (χ0v) is 10.9. The highest BCUT2D eigenvalue weighted by atomic mass is 16.7. The molecule has 0 heterocycles. The van der Waals surface area contributed by atoms with Gasteiger partial charge in [-0.05, 0) is 37.8 Å². The maximum absolute atomic E-state index is 11.2. The molecule has 1 aromatic carbocycles. The summed E-state index contributed by atoms with van der Waals surface area (Å²) in [6, 6.07) is 4.81. The van der Waals surface area contributed by atoms with Crippen molar-refractivity contribution in [2.45, 2.75) is 19.8 Å². The second kappa shape index (κ2) is 6.43. The van der Waals surface area contributed by atoms with Crippen molar-refractivity contribution in [1.29, 1.82) is 0 Å². The van der Waals surface area contributed by atoms with E-state index in [1.54, 1.807) is 12.1 Å². The van der Waals surface area contributed by atoms with Crippen molar-refractivity contribution in [3.63, 3.8) is 0 Å². The summed E-state index contributed by atoms with van der Waals surface area (Å²) in [6.45, 7) is 2.99. The molecule has 0 spiro atoms. The number of ether oxygens (including phenoxy) is 3. The molecule has 0 saturated heterocycles. The highest BCUT2D eigenvalue weighted by molar-refractivity contribution is 5.92. The molecule has 2 rings (SSSR count). The molecule has 5 nitrogen and oxygen atoms in total. The Morgan fingerprint density at radius 1 is 1.37 bits per heavy atom. The van der Waals surface area contributed by atoms with Crippen LogP contribution in [-0.2, 0) is 4.74 Å². The summed E-state index contributed by atoms with van der Waals surface area (Å²) in [7, 11) is 0. The molecule has 0 amide bonds. The maximum Gasteiger partial charge on any atom is 0.339 e. The number of carbonyl (C=O) groups is 1. The second-order valence-electron chi connectivity index (χ2n) is 4.45. The van der Waals surface area contributed by atoms with Crippen LogP contribution in [0, 0.1) is 5.92 Å². The number of carboxylic acid groups (broad SMARTS) is 1. The third kappa shape index (κ3) is 3.86. The summed E-state index contributed by atoms with van der Waals surface area (Å²) in [5.74, 6) is 0.258. The SMILES string of the molecule is CCOc1cccc(C(=O)O)c1OCOCC1CC1. The van der Waals surface area contributed by atoms with Crippen LogP contribution in [0.25, 0.3) is 0 Å². The van der Waals surface area contributed by atoms with Gasteiger partial charge in [0.25, 0.3) is 0 Å². The molecule has 104 valence electrons. The van der Waals surface area contributed by atoms with Crippen LogP contribution in [0.15, 0.2) is 18.2 Å². The average Bonchev–Trinajstić information content (AvgIpc) is 3.20.